The Labute approximate surface area is 84.9 Å². The van der Waals surface area contributed by atoms with Crippen LogP contribution in [-0.4, -0.2) is 29.4 Å². The smallest absolute Gasteiger partial charge is 0.361 e. The Bertz CT molecular complexity index is 550. The summed E-state index contributed by atoms with van der Waals surface area (Å²) in [5, 5.41) is 6.08. The summed E-state index contributed by atoms with van der Waals surface area (Å²) in [5.74, 6) is 1.07. The molecule has 1 aromatic heterocycles. The molecule has 0 unspecified atom stereocenters. The van der Waals surface area contributed by atoms with Gasteiger partial charge in [-0.15, -0.1) is 0 Å². The molecule has 6 nitrogen and oxygen atoms in total. The van der Waals surface area contributed by atoms with Crippen LogP contribution < -0.4 is 15.2 Å². The van der Waals surface area contributed by atoms with Gasteiger partial charge in [0, 0.05) is 12.1 Å². The van der Waals surface area contributed by atoms with Crippen LogP contribution in [-0.2, 0) is 0 Å². The van der Waals surface area contributed by atoms with Crippen molar-refractivity contribution < 1.29 is 9.47 Å². The van der Waals surface area contributed by atoms with Gasteiger partial charge in [0.25, 0.3) is 0 Å². The van der Waals surface area contributed by atoms with Crippen LogP contribution in [0.4, 0.5) is 0 Å². The third-order valence-corrected chi connectivity index (χ3v) is 1.97. The van der Waals surface area contributed by atoms with Crippen molar-refractivity contribution >= 4 is 11.0 Å². The molecule has 1 aromatic carbocycles. The second kappa shape index (κ2) is 3.56. The van der Waals surface area contributed by atoms with Gasteiger partial charge >= 0.3 is 5.69 Å². The van der Waals surface area contributed by atoms with E-state index in [-0.39, 0.29) is 0 Å². The van der Waals surface area contributed by atoms with Gasteiger partial charge in [-0.05, 0) is 0 Å². The highest BCUT2D eigenvalue weighted by atomic mass is 16.5. The number of rotatable bonds is 2. The molecular weight excluding hydrogens is 198 g/mol. The van der Waals surface area contributed by atoms with Gasteiger partial charge in [0.15, 0.2) is 11.5 Å². The molecule has 0 amide bonds. The lowest BCUT2D eigenvalue weighted by atomic mass is 10.2. The van der Waals surface area contributed by atoms with Gasteiger partial charge in [0.05, 0.1) is 14.2 Å². The number of ether oxygens (including phenoxy) is 2. The standard InChI is InChI=1S/C9H9N3O3/c1-14-7-3-5-6(4-8(7)15-2)11-12-9(13)10-5/h3-4H,1-2H3,(H,10,12,13). The van der Waals surface area contributed by atoms with E-state index in [1.54, 1.807) is 12.1 Å². The van der Waals surface area contributed by atoms with E-state index in [9.17, 15) is 4.79 Å². The van der Waals surface area contributed by atoms with Crippen LogP contribution in [0.15, 0.2) is 16.9 Å². The van der Waals surface area contributed by atoms with Crippen LogP contribution in [0, 0.1) is 0 Å². The van der Waals surface area contributed by atoms with Crippen LogP contribution >= 0.6 is 0 Å². The maximum Gasteiger partial charge on any atom is 0.361 e. The van der Waals surface area contributed by atoms with Crippen molar-refractivity contribution in [1.29, 1.82) is 0 Å². The van der Waals surface area contributed by atoms with E-state index in [1.807, 2.05) is 0 Å². The number of fused-ring (bicyclic) bond motifs is 1. The van der Waals surface area contributed by atoms with E-state index in [4.69, 9.17) is 9.47 Å². The summed E-state index contributed by atoms with van der Waals surface area (Å²) >= 11 is 0. The number of hydrogen-bond donors (Lipinski definition) is 1. The number of H-pyrrole nitrogens is 1. The predicted molar refractivity (Wildman–Crippen MR) is 53.3 cm³/mol. The summed E-state index contributed by atoms with van der Waals surface area (Å²) in [5.41, 5.74) is 0.526. The minimum atomic E-state index is -0.491. The largest absolute Gasteiger partial charge is 0.493 e. The first-order valence-corrected chi connectivity index (χ1v) is 4.23. The van der Waals surface area contributed by atoms with Crippen LogP contribution in [0.25, 0.3) is 11.0 Å². The minimum absolute atomic E-state index is 0.469. The second-order valence-corrected chi connectivity index (χ2v) is 2.84. The van der Waals surface area contributed by atoms with Gasteiger partial charge in [-0.3, -0.25) is 0 Å². The van der Waals surface area contributed by atoms with E-state index in [1.165, 1.54) is 14.2 Å². The SMILES string of the molecule is COc1cc2n[nH]c(=O)nc2cc1OC. The summed E-state index contributed by atoms with van der Waals surface area (Å²) in [6.07, 6.45) is 0. The molecule has 0 fully saturated rings. The van der Waals surface area contributed by atoms with E-state index in [0.717, 1.165) is 0 Å². The number of methoxy groups -OCH3 is 2. The molecule has 0 aliphatic rings. The lowest BCUT2D eigenvalue weighted by Gasteiger charge is -2.07. The van der Waals surface area contributed by atoms with E-state index in [0.29, 0.717) is 22.5 Å². The quantitative estimate of drug-likeness (QED) is 0.768. The molecule has 0 saturated carbocycles. The van der Waals surface area contributed by atoms with Crippen LogP contribution in [0.3, 0.4) is 0 Å². The van der Waals surface area contributed by atoms with Gasteiger partial charge in [-0.25, -0.2) is 9.89 Å². The molecule has 1 N–H and O–H groups in total. The van der Waals surface area contributed by atoms with Crippen molar-refractivity contribution in [2.45, 2.75) is 0 Å². The number of nitrogens with one attached hydrogen (secondary N) is 1. The second-order valence-electron chi connectivity index (χ2n) is 2.84. The van der Waals surface area contributed by atoms with E-state index >= 15 is 0 Å². The lowest BCUT2D eigenvalue weighted by molar-refractivity contribution is 0.355. The molecule has 2 rings (SSSR count). The monoisotopic (exact) mass is 207 g/mol. The third kappa shape index (κ3) is 1.61. The number of nitrogens with zero attached hydrogens (tertiary/aromatic N) is 2. The average molecular weight is 207 g/mol. The van der Waals surface area contributed by atoms with Crippen molar-refractivity contribution in [2.75, 3.05) is 14.2 Å². The van der Waals surface area contributed by atoms with Crippen molar-refractivity contribution in [3.8, 4) is 11.5 Å². The van der Waals surface area contributed by atoms with Gasteiger partial charge in [0.2, 0.25) is 0 Å². The average Bonchev–Trinajstić information content (AvgIpc) is 2.27. The van der Waals surface area contributed by atoms with Crippen LogP contribution in [0.2, 0.25) is 0 Å². The van der Waals surface area contributed by atoms with Gasteiger partial charge < -0.3 is 9.47 Å². The summed E-state index contributed by atoms with van der Waals surface area (Å²) in [7, 11) is 3.05. The highest BCUT2D eigenvalue weighted by Crippen LogP contribution is 2.29. The Morgan fingerprint density at radius 2 is 1.73 bits per heavy atom. The molecular formula is C9H9N3O3. The number of aromatic amines is 1. The summed E-state index contributed by atoms with van der Waals surface area (Å²) in [4.78, 5) is 14.7. The molecule has 0 bridgehead atoms. The number of aromatic nitrogens is 3. The molecule has 0 saturated heterocycles. The van der Waals surface area contributed by atoms with Crippen LogP contribution in [0.5, 0.6) is 11.5 Å². The Balaban J connectivity index is 2.75. The zero-order valence-corrected chi connectivity index (χ0v) is 8.27. The Morgan fingerprint density at radius 3 is 2.33 bits per heavy atom. The third-order valence-electron chi connectivity index (χ3n) is 1.97. The van der Waals surface area contributed by atoms with Crippen molar-refractivity contribution in [3.05, 3.63) is 22.6 Å². The first kappa shape index (κ1) is 9.45. The first-order valence-electron chi connectivity index (χ1n) is 4.23. The number of benzene rings is 1. The van der Waals surface area contributed by atoms with Crippen molar-refractivity contribution in [3.63, 3.8) is 0 Å². The Hall–Kier alpha value is -2.11. The molecule has 2 aromatic rings. The predicted octanol–water partition coefficient (Wildman–Crippen LogP) is 0.335. The fourth-order valence-electron chi connectivity index (χ4n) is 1.28. The zero-order chi connectivity index (χ0) is 10.8. The normalized spacial score (nSPS) is 10.3. The summed E-state index contributed by atoms with van der Waals surface area (Å²) in [6, 6.07) is 3.26. The lowest BCUT2D eigenvalue weighted by Crippen LogP contribution is -2.11. The van der Waals surface area contributed by atoms with Gasteiger partial charge in [0.1, 0.15) is 11.0 Å². The summed E-state index contributed by atoms with van der Waals surface area (Å²) in [6.45, 7) is 0. The fourth-order valence-corrected chi connectivity index (χ4v) is 1.28. The van der Waals surface area contributed by atoms with E-state index < -0.39 is 5.69 Å². The Kier molecular flexibility index (Phi) is 2.24. The highest BCUT2D eigenvalue weighted by Gasteiger charge is 2.07. The van der Waals surface area contributed by atoms with E-state index in [2.05, 4.69) is 15.2 Å². The number of hydrogen-bond acceptors (Lipinski definition) is 5. The molecule has 6 heteroatoms. The maximum atomic E-state index is 10.9. The zero-order valence-electron chi connectivity index (χ0n) is 8.27. The van der Waals surface area contributed by atoms with Crippen molar-refractivity contribution in [1.82, 2.24) is 15.2 Å². The fraction of sp³-hybridized carbons (Fsp3) is 0.222. The van der Waals surface area contributed by atoms with Gasteiger partial charge in [-0.2, -0.15) is 10.1 Å². The molecule has 1 heterocycles. The van der Waals surface area contributed by atoms with Crippen molar-refractivity contribution in [2.24, 2.45) is 0 Å². The summed E-state index contributed by atoms with van der Waals surface area (Å²) < 4.78 is 10.2. The van der Waals surface area contributed by atoms with Gasteiger partial charge in [-0.1, -0.05) is 0 Å². The molecule has 78 valence electrons. The molecule has 0 spiro atoms. The first-order chi connectivity index (χ1) is 7.24. The highest BCUT2D eigenvalue weighted by molar-refractivity contribution is 5.78. The molecule has 0 aliphatic carbocycles. The topological polar surface area (TPSA) is 77.1 Å². The molecule has 15 heavy (non-hydrogen) atoms. The Morgan fingerprint density at radius 1 is 1.13 bits per heavy atom. The molecule has 0 atom stereocenters. The maximum absolute atomic E-state index is 10.9. The molecule has 0 aliphatic heterocycles. The molecule has 0 radical (unpaired) electrons. The van der Waals surface area contributed by atoms with Crippen LogP contribution in [0.1, 0.15) is 0 Å². The minimum Gasteiger partial charge on any atom is -0.493 e.